The van der Waals surface area contributed by atoms with E-state index in [-0.39, 0.29) is 30.7 Å². The van der Waals surface area contributed by atoms with Crippen LogP contribution in [0.5, 0.6) is 0 Å². The second kappa shape index (κ2) is 12.0. The molecule has 0 atom stereocenters. The summed E-state index contributed by atoms with van der Waals surface area (Å²) in [7, 11) is 3.60. The first-order chi connectivity index (χ1) is 5.20. The predicted molar refractivity (Wildman–Crippen MR) is 59.7 cm³/mol. The minimum Gasteiger partial charge on any atom is -0.359 e. The number of carbonyl (C=O) groups excluding carboxylic acids is 1. The first-order valence-corrected chi connectivity index (χ1v) is 3.80. The summed E-state index contributed by atoms with van der Waals surface area (Å²) in [4.78, 5) is 12.8. The van der Waals surface area contributed by atoms with Gasteiger partial charge >= 0.3 is 0 Å². The fourth-order valence-corrected chi connectivity index (χ4v) is 0.750. The number of nitrogens with two attached hydrogens (primary N) is 1. The Morgan fingerprint density at radius 3 is 2.31 bits per heavy atom. The second-order valence-corrected chi connectivity index (χ2v) is 2.52. The van der Waals surface area contributed by atoms with Crippen LogP contribution < -0.4 is 11.1 Å². The van der Waals surface area contributed by atoms with Gasteiger partial charge in [0.25, 0.3) is 0 Å². The molecule has 4 nitrogen and oxygen atoms in total. The van der Waals surface area contributed by atoms with Gasteiger partial charge in [-0.05, 0) is 7.05 Å². The Bertz CT molecular complexity index is 124. The molecule has 0 aromatic heterocycles. The predicted octanol–water partition coefficient (Wildman–Crippen LogP) is -0.143. The molecule has 3 N–H and O–H groups in total. The van der Waals surface area contributed by atoms with Crippen LogP contribution in [0, 0.1) is 0 Å². The van der Waals surface area contributed by atoms with Crippen molar-refractivity contribution in [2.24, 2.45) is 5.73 Å². The van der Waals surface area contributed by atoms with Crippen molar-refractivity contribution in [1.82, 2.24) is 10.2 Å². The van der Waals surface area contributed by atoms with E-state index in [2.05, 4.69) is 5.32 Å². The SMILES string of the molecule is CNC(=O)CCN(C)CCN.Cl.Cl. The van der Waals surface area contributed by atoms with Crippen molar-refractivity contribution in [2.45, 2.75) is 6.42 Å². The first-order valence-electron chi connectivity index (χ1n) is 3.80. The van der Waals surface area contributed by atoms with Gasteiger partial charge in [0.15, 0.2) is 0 Å². The highest BCUT2D eigenvalue weighted by Gasteiger charge is 2.00. The topological polar surface area (TPSA) is 58.4 Å². The van der Waals surface area contributed by atoms with E-state index < -0.39 is 0 Å². The average molecular weight is 232 g/mol. The van der Waals surface area contributed by atoms with E-state index in [9.17, 15) is 4.79 Å². The lowest BCUT2D eigenvalue weighted by atomic mass is 10.3. The number of nitrogens with zero attached hydrogens (tertiary/aromatic N) is 1. The van der Waals surface area contributed by atoms with Gasteiger partial charge < -0.3 is 16.0 Å². The van der Waals surface area contributed by atoms with Gasteiger partial charge in [0.1, 0.15) is 0 Å². The van der Waals surface area contributed by atoms with Crippen LogP contribution in [0.15, 0.2) is 0 Å². The van der Waals surface area contributed by atoms with Crippen molar-refractivity contribution in [3.8, 4) is 0 Å². The largest absolute Gasteiger partial charge is 0.359 e. The molecular formula is C7H19Cl2N3O. The van der Waals surface area contributed by atoms with E-state index in [1.807, 2.05) is 11.9 Å². The number of likely N-dealkylation sites (N-methyl/N-ethyl adjacent to an activating group) is 1. The molecule has 0 radical (unpaired) electrons. The smallest absolute Gasteiger partial charge is 0.221 e. The Hall–Kier alpha value is -0.0300. The molecule has 0 spiro atoms. The molecule has 0 saturated carbocycles. The van der Waals surface area contributed by atoms with E-state index in [0.29, 0.717) is 13.0 Å². The molecular weight excluding hydrogens is 213 g/mol. The monoisotopic (exact) mass is 231 g/mol. The van der Waals surface area contributed by atoms with Crippen molar-refractivity contribution in [1.29, 1.82) is 0 Å². The quantitative estimate of drug-likeness (QED) is 0.693. The summed E-state index contributed by atoms with van der Waals surface area (Å²) >= 11 is 0. The first kappa shape index (κ1) is 18.7. The van der Waals surface area contributed by atoms with Crippen LogP contribution in [0.3, 0.4) is 0 Å². The molecule has 0 aliphatic rings. The summed E-state index contributed by atoms with van der Waals surface area (Å²) in [6.45, 7) is 2.26. The molecule has 0 aliphatic heterocycles. The third-order valence-electron chi connectivity index (χ3n) is 1.51. The minimum atomic E-state index is 0. The molecule has 1 amide bonds. The van der Waals surface area contributed by atoms with Gasteiger partial charge in [-0.3, -0.25) is 4.79 Å². The number of halogens is 2. The third-order valence-corrected chi connectivity index (χ3v) is 1.51. The lowest BCUT2D eigenvalue weighted by Crippen LogP contribution is -2.30. The van der Waals surface area contributed by atoms with Crippen LogP contribution in [0.25, 0.3) is 0 Å². The standard InChI is InChI=1S/C7H17N3O.2ClH/c1-9-7(11)3-5-10(2)6-4-8;;/h3-6,8H2,1-2H3,(H,9,11);2*1H. The van der Waals surface area contributed by atoms with Crippen LogP contribution in [0.2, 0.25) is 0 Å². The van der Waals surface area contributed by atoms with Crippen molar-refractivity contribution in [2.75, 3.05) is 33.7 Å². The maximum atomic E-state index is 10.8. The van der Waals surface area contributed by atoms with E-state index in [1.54, 1.807) is 7.05 Å². The summed E-state index contributed by atoms with van der Waals surface area (Å²) in [6, 6.07) is 0. The average Bonchev–Trinajstić information content (AvgIpc) is 2.01. The molecule has 0 fully saturated rings. The number of hydrogen-bond acceptors (Lipinski definition) is 3. The zero-order valence-electron chi connectivity index (χ0n) is 8.08. The van der Waals surface area contributed by atoms with Crippen molar-refractivity contribution >= 4 is 30.7 Å². The maximum Gasteiger partial charge on any atom is 0.221 e. The minimum absolute atomic E-state index is 0. The van der Waals surface area contributed by atoms with Gasteiger partial charge in [-0.15, -0.1) is 24.8 Å². The summed E-state index contributed by atoms with van der Waals surface area (Å²) < 4.78 is 0. The number of rotatable bonds is 5. The lowest BCUT2D eigenvalue weighted by Gasteiger charge is -2.13. The molecule has 0 unspecified atom stereocenters. The molecule has 6 heteroatoms. The molecule has 82 valence electrons. The number of nitrogens with one attached hydrogen (secondary N) is 1. The highest BCUT2D eigenvalue weighted by molar-refractivity contribution is 5.85. The van der Waals surface area contributed by atoms with Crippen LogP contribution in [-0.4, -0.2) is 44.5 Å². The highest BCUT2D eigenvalue weighted by atomic mass is 35.5. The third kappa shape index (κ3) is 12.0. The Balaban J connectivity index is -0.000000500. The Morgan fingerprint density at radius 1 is 1.38 bits per heavy atom. The van der Waals surface area contributed by atoms with Crippen molar-refractivity contribution in [3.63, 3.8) is 0 Å². The number of hydrogen-bond donors (Lipinski definition) is 2. The Labute approximate surface area is 92.0 Å². The van der Waals surface area contributed by atoms with E-state index >= 15 is 0 Å². The normalized spacial score (nSPS) is 8.62. The summed E-state index contributed by atoms with van der Waals surface area (Å²) in [6.07, 6.45) is 0.549. The Morgan fingerprint density at radius 2 is 1.92 bits per heavy atom. The van der Waals surface area contributed by atoms with Gasteiger partial charge in [-0.2, -0.15) is 0 Å². The fraction of sp³-hybridized carbons (Fsp3) is 0.857. The lowest BCUT2D eigenvalue weighted by molar-refractivity contribution is -0.120. The van der Waals surface area contributed by atoms with Crippen LogP contribution in [0.1, 0.15) is 6.42 Å². The van der Waals surface area contributed by atoms with Gasteiger partial charge in [-0.25, -0.2) is 0 Å². The summed E-state index contributed by atoms with van der Waals surface area (Å²) in [5.41, 5.74) is 5.33. The highest BCUT2D eigenvalue weighted by Crippen LogP contribution is 1.85. The van der Waals surface area contributed by atoms with E-state index in [4.69, 9.17) is 5.73 Å². The molecule has 0 saturated heterocycles. The number of carbonyl (C=O) groups is 1. The van der Waals surface area contributed by atoms with Crippen molar-refractivity contribution in [3.05, 3.63) is 0 Å². The maximum absolute atomic E-state index is 10.8. The molecule has 0 aromatic carbocycles. The van der Waals surface area contributed by atoms with Gasteiger partial charge in [0, 0.05) is 33.1 Å². The zero-order valence-corrected chi connectivity index (χ0v) is 9.71. The van der Waals surface area contributed by atoms with Crippen LogP contribution >= 0.6 is 24.8 Å². The second-order valence-electron chi connectivity index (χ2n) is 2.52. The fourth-order valence-electron chi connectivity index (χ4n) is 0.750. The molecule has 0 heterocycles. The zero-order chi connectivity index (χ0) is 8.69. The molecule has 0 aliphatic carbocycles. The Kier molecular flexibility index (Phi) is 17.2. The summed E-state index contributed by atoms with van der Waals surface area (Å²) in [5.74, 6) is 0.0777. The summed E-state index contributed by atoms with van der Waals surface area (Å²) in [5, 5.41) is 2.57. The van der Waals surface area contributed by atoms with Crippen LogP contribution in [-0.2, 0) is 4.79 Å². The van der Waals surface area contributed by atoms with Crippen molar-refractivity contribution < 1.29 is 4.79 Å². The van der Waals surface area contributed by atoms with E-state index in [1.165, 1.54) is 0 Å². The molecule has 0 rings (SSSR count). The van der Waals surface area contributed by atoms with Gasteiger partial charge in [0.2, 0.25) is 5.91 Å². The van der Waals surface area contributed by atoms with Crippen LogP contribution in [0.4, 0.5) is 0 Å². The van der Waals surface area contributed by atoms with Gasteiger partial charge in [-0.1, -0.05) is 0 Å². The molecule has 13 heavy (non-hydrogen) atoms. The van der Waals surface area contributed by atoms with Gasteiger partial charge in [0.05, 0.1) is 0 Å². The molecule has 0 bridgehead atoms. The molecule has 0 aromatic rings. The number of amides is 1. The van der Waals surface area contributed by atoms with E-state index in [0.717, 1.165) is 13.1 Å².